The molecule has 0 aliphatic heterocycles. The molecule has 0 bridgehead atoms. The number of para-hydroxylation sites is 1. The molecule has 180 valence electrons. The number of fused-ring (bicyclic) bond motifs is 1. The van der Waals surface area contributed by atoms with Crippen LogP contribution in [0.15, 0.2) is 96.6 Å². The molecule has 2 aromatic heterocycles. The van der Waals surface area contributed by atoms with Crippen LogP contribution in [0.1, 0.15) is 18.9 Å². The summed E-state index contributed by atoms with van der Waals surface area (Å²) >= 11 is 1.41. The zero-order chi connectivity index (χ0) is 24.7. The van der Waals surface area contributed by atoms with Crippen molar-refractivity contribution in [2.75, 3.05) is 11.9 Å². The Morgan fingerprint density at radius 1 is 0.944 bits per heavy atom. The van der Waals surface area contributed by atoms with E-state index in [1.807, 2.05) is 60.0 Å². The topological polar surface area (TPSA) is 67.4 Å². The maximum atomic E-state index is 12.8. The van der Waals surface area contributed by atoms with E-state index < -0.39 is 0 Å². The van der Waals surface area contributed by atoms with Crippen molar-refractivity contribution in [3.8, 4) is 16.2 Å². The fraction of sp³-hybridized carbons (Fsp3) is 0.138. The molecule has 0 spiro atoms. The van der Waals surface area contributed by atoms with Crippen molar-refractivity contribution in [2.45, 2.75) is 19.9 Å². The summed E-state index contributed by atoms with van der Waals surface area (Å²) in [6, 6.07) is 28.1. The van der Waals surface area contributed by atoms with Gasteiger partial charge in [0, 0.05) is 24.2 Å². The molecule has 0 aliphatic rings. The van der Waals surface area contributed by atoms with Crippen LogP contribution >= 0.6 is 11.3 Å². The fourth-order valence-electron chi connectivity index (χ4n) is 4.04. The van der Waals surface area contributed by atoms with E-state index in [1.165, 1.54) is 11.3 Å². The monoisotopic (exact) mass is 494 g/mol. The maximum absolute atomic E-state index is 12.8. The standard InChI is InChI=1S/C29H26N4O2S/c1-2-15-33(29(34)35-27-12-7-16-36-27)19-21-8-6-9-22(17-21)23-13-14-26-25(18-23)28(31-20-30-26)32-24-10-4-3-5-11-24/h3-14,16-18,20H,2,15,19H2,1H3,(H,30,31,32). The Labute approximate surface area is 214 Å². The molecule has 7 heteroatoms. The molecule has 2 heterocycles. The number of nitrogens with one attached hydrogen (secondary N) is 1. The average molecular weight is 495 g/mol. The summed E-state index contributed by atoms with van der Waals surface area (Å²) in [5, 5.41) is 6.84. The van der Waals surface area contributed by atoms with Gasteiger partial charge in [0.25, 0.3) is 0 Å². The van der Waals surface area contributed by atoms with E-state index in [9.17, 15) is 4.79 Å². The van der Waals surface area contributed by atoms with E-state index in [1.54, 1.807) is 17.3 Å². The van der Waals surface area contributed by atoms with Gasteiger partial charge in [-0.3, -0.25) is 0 Å². The molecule has 0 unspecified atom stereocenters. The van der Waals surface area contributed by atoms with Crippen LogP contribution in [0.25, 0.3) is 22.0 Å². The third-order valence-electron chi connectivity index (χ3n) is 5.74. The molecule has 3 aromatic carbocycles. The number of rotatable bonds is 8. The van der Waals surface area contributed by atoms with Gasteiger partial charge in [0.1, 0.15) is 12.1 Å². The summed E-state index contributed by atoms with van der Waals surface area (Å²) in [7, 11) is 0. The summed E-state index contributed by atoms with van der Waals surface area (Å²) in [4.78, 5) is 23.5. The van der Waals surface area contributed by atoms with Gasteiger partial charge in [0.15, 0.2) is 5.06 Å². The molecule has 5 aromatic rings. The minimum atomic E-state index is -0.329. The summed E-state index contributed by atoms with van der Waals surface area (Å²) in [6.07, 6.45) is 2.09. The van der Waals surface area contributed by atoms with Crippen LogP contribution in [-0.2, 0) is 6.54 Å². The number of ether oxygens (including phenoxy) is 1. The van der Waals surface area contributed by atoms with Crippen molar-refractivity contribution < 1.29 is 9.53 Å². The minimum absolute atomic E-state index is 0.329. The second-order valence-corrected chi connectivity index (χ2v) is 9.28. The number of carbonyl (C=O) groups is 1. The Morgan fingerprint density at radius 3 is 2.61 bits per heavy atom. The average Bonchev–Trinajstić information content (AvgIpc) is 3.42. The summed E-state index contributed by atoms with van der Waals surface area (Å²) in [5.41, 5.74) is 4.99. The Bertz CT molecular complexity index is 1460. The van der Waals surface area contributed by atoms with Crippen LogP contribution in [0.2, 0.25) is 0 Å². The highest BCUT2D eigenvalue weighted by Crippen LogP contribution is 2.29. The highest BCUT2D eigenvalue weighted by atomic mass is 32.1. The zero-order valence-electron chi connectivity index (χ0n) is 19.9. The zero-order valence-corrected chi connectivity index (χ0v) is 20.7. The Balaban J connectivity index is 1.40. The van der Waals surface area contributed by atoms with Crippen molar-refractivity contribution >= 4 is 39.8 Å². The van der Waals surface area contributed by atoms with Crippen molar-refractivity contribution in [1.29, 1.82) is 0 Å². The number of benzene rings is 3. The number of anilines is 2. The first-order valence-electron chi connectivity index (χ1n) is 11.9. The number of hydrogen-bond donors (Lipinski definition) is 1. The largest absolute Gasteiger partial charge is 0.416 e. The fourth-order valence-corrected chi connectivity index (χ4v) is 4.61. The second-order valence-electron chi connectivity index (χ2n) is 8.37. The molecule has 1 amide bonds. The van der Waals surface area contributed by atoms with Gasteiger partial charge in [-0.15, -0.1) is 11.3 Å². The highest BCUT2D eigenvalue weighted by molar-refractivity contribution is 7.11. The first kappa shape index (κ1) is 23.5. The van der Waals surface area contributed by atoms with Crippen LogP contribution < -0.4 is 10.1 Å². The lowest BCUT2D eigenvalue weighted by Gasteiger charge is -2.21. The predicted octanol–water partition coefficient (Wildman–Crippen LogP) is 7.51. The second kappa shape index (κ2) is 11.0. The van der Waals surface area contributed by atoms with Gasteiger partial charge < -0.3 is 15.0 Å². The van der Waals surface area contributed by atoms with Crippen LogP contribution in [0.5, 0.6) is 5.06 Å². The van der Waals surface area contributed by atoms with Gasteiger partial charge in [-0.25, -0.2) is 14.8 Å². The lowest BCUT2D eigenvalue weighted by atomic mass is 10.0. The predicted molar refractivity (Wildman–Crippen MR) is 146 cm³/mol. The molecule has 0 aliphatic carbocycles. The molecule has 0 saturated heterocycles. The van der Waals surface area contributed by atoms with Crippen molar-refractivity contribution in [2.24, 2.45) is 0 Å². The molecule has 36 heavy (non-hydrogen) atoms. The Hall–Kier alpha value is -4.23. The lowest BCUT2D eigenvalue weighted by molar-refractivity contribution is 0.151. The molecule has 0 radical (unpaired) electrons. The number of aromatic nitrogens is 2. The molecule has 0 fully saturated rings. The number of thiophene rings is 1. The van der Waals surface area contributed by atoms with Crippen molar-refractivity contribution in [3.63, 3.8) is 0 Å². The van der Waals surface area contributed by atoms with Gasteiger partial charge >= 0.3 is 6.09 Å². The third kappa shape index (κ3) is 5.53. The smallest absolute Gasteiger partial charge is 0.399 e. The van der Waals surface area contributed by atoms with E-state index in [-0.39, 0.29) is 6.09 Å². The van der Waals surface area contributed by atoms with Crippen LogP contribution in [0, 0.1) is 0 Å². The molecule has 1 N–H and O–H groups in total. The van der Waals surface area contributed by atoms with Crippen molar-refractivity contribution in [1.82, 2.24) is 14.9 Å². The molecular formula is C29H26N4O2S. The van der Waals surface area contributed by atoms with E-state index >= 15 is 0 Å². The molecular weight excluding hydrogens is 468 g/mol. The number of nitrogens with zero attached hydrogens (tertiary/aromatic N) is 3. The SMILES string of the molecule is CCCN(Cc1cccc(-c2ccc3ncnc(Nc4ccccc4)c3c2)c1)C(=O)Oc1cccs1. The van der Waals surface area contributed by atoms with Gasteiger partial charge in [-0.2, -0.15) is 0 Å². The first-order chi connectivity index (χ1) is 17.7. The van der Waals surface area contributed by atoms with Crippen LogP contribution in [-0.4, -0.2) is 27.5 Å². The molecule has 6 nitrogen and oxygen atoms in total. The maximum Gasteiger partial charge on any atom is 0.416 e. The Morgan fingerprint density at radius 2 is 1.81 bits per heavy atom. The molecule has 5 rings (SSSR count). The normalized spacial score (nSPS) is 10.8. The van der Waals surface area contributed by atoms with Crippen molar-refractivity contribution in [3.05, 3.63) is 102 Å². The summed E-state index contributed by atoms with van der Waals surface area (Å²) in [5.74, 6) is 0.759. The van der Waals surface area contributed by atoms with E-state index in [2.05, 4.69) is 46.5 Å². The van der Waals surface area contributed by atoms with Gasteiger partial charge in [-0.05, 0) is 71.0 Å². The van der Waals surface area contributed by atoms with E-state index in [0.29, 0.717) is 18.2 Å². The van der Waals surface area contributed by atoms with Gasteiger partial charge in [-0.1, -0.05) is 49.4 Å². The highest BCUT2D eigenvalue weighted by Gasteiger charge is 2.16. The van der Waals surface area contributed by atoms with Gasteiger partial charge in [0.05, 0.1) is 5.52 Å². The van der Waals surface area contributed by atoms with Crippen LogP contribution in [0.4, 0.5) is 16.3 Å². The molecule has 0 saturated carbocycles. The number of amides is 1. The summed E-state index contributed by atoms with van der Waals surface area (Å²) in [6.45, 7) is 3.15. The third-order valence-corrected chi connectivity index (χ3v) is 6.49. The number of hydrogen-bond acceptors (Lipinski definition) is 6. The number of carbonyl (C=O) groups excluding carboxylic acids is 1. The summed E-state index contributed by atoms with van der Waals surface area (Å²) < 4.78 is 5.55. The molecule has 0 atom stereocenters. The quantitative estimate of drug-likeness (QED) is 0.242. The first-order valence-corrected chi connectivity index (χ1v) is 12.7. The van der Waals surface area contributed by atoms with Crippen LogP contribution in [0.3, 0.4) is 0 Å². The van der Waals surface area contributed by atoms with Gasteiger partial charge in [0.2, 0.25) is 0 Å². The van der Waals surface area contributed by atoms with E-state index in [0.717, 1.165) is 45.5 Å². The van der Waals surface area contributed by atoms with E-state index in [4.69, 9.17) is 4.74 Å². The lowest BCUT2D eigenvalue weighted by Crippen LogP contribution is -2.33. The Kier molecular flexibility index (Phi) is 7.19. The minimum Gasteiger partial charge on any atom is -0.399 e.